The minimum atomic E-state index is -0.394. The molecule has 0 aliphatic rings. The number of halogens is 1. The van der Waals surface area contributed by atoms with E-state index in [0.29, 0.717) is 34.1 Å². The van der Waals surface area contributed by atoms with Gasteiger partial charge in [-0.25, -0.2) is 0 Å². The Labute approximate surface area is 194 Å². The fourth-order valence-corrected chi connectivity index (χ4v) is 4.05. The molecule has 4 aromatic rings. The molecule has 0 spiro atoms. The number of carbonyl (C=O) groups excluding carboxylic acids is 1. The van der Waals surface area contributed by atoms with E-state index < -0.39 is 5.25 Å². The second kappa shape index (κ2) is 10.4. The van der Waals surface area contributed by atoms with Crippen molar-refractivity contribution in [2.24, 2.45) is 0 Å². The topological polar surface area (TPSA) is 82.2 Å². The average Bonchev–Trinajstić information content (AvgIpc) is 3.47. The standard InChI is InChI=1S/C23H21ClN4O3S/c1-16(22(29)25-14-18-10-7-13-30-18)32-23-27-26-21(28(23)17-8-3-2-4-9-17)15-31-20-12-6-5-11-19(20)24/h2-13,16H,14-15H2,1H3,(H,25,29)/t16-/m1/s1. The Balaban J connectivity index is 1.51. The molecule has 7 nitrogen and oxygen atoms in total. The molecule has 0 saturated heterocycles. The number of para-hydroxylation sites is 2. The summed E-state index contributed by atoms with van der Waals surface area (Å²) < 4.78 is 13.0. The van der Waals surface area contributed by atoms with Gasteiger partial charge in [-0.2, -0.15) is 0 Å². The summed E-state index contributed by atoms with van der Waals surface area (Å²) in [6.45, 7) is 2.33. The van der Waals surface area contributed by atoms with E-state index in [9.17, 15) is 4.79 Å². The highest BCUT2D eigenvalue weighted by molar-refractivity contribution is 8.00. The molecule has 0 saturated carbocycles. The predicted octanol–water partition coefficient (Wildman–Crippen LogP) is 4.89. The zero-order valence-electron chi connectivity index (χ0n) is 17.3. The lowest BCUT2D eigenvalue weighted by Crippen LogP contribution is -2.30. The molecule has 0 bridgehead atoms. The minimum absolute atomic E-state index is 0.122. The van der Waals surface area contributed by atoms with Crippen molar-refractivity contribution in [3.8, 4) is 11.4 Å². The maximum atomic E-state index is 12.6. The number of thioether (sulfide) groups is 1. The molecule has 0 aliphatic carbocycles. The molecule has 0 radical (unpaired) electrons. The van der Waals surface area contributed by atoms with Crippen molar-refractivity contribution in [2.45, 2.75) is 30.5 Å². The van der Waals surface area contributed by atoms with E-state index in [1.165, 1.54) is 11.8 Å². The number of nitrogens with one attached hydrogen (secondary N) is 1. The van der Waals surface area contributed by atoms with Crippen LogP contribution in [0.1, 0.15) is 18.5 Å². The van der Waals surface area contributed by atoms with Crippen molar-refractivity contribution < 1.29 is 13.9 Å². The first-order valence-electron chi connectivity index (χ1n) is 9.95. The highest BCUT2D eigenvalue weighted by Crippen LogP contribution is 2.28. The van der Waals surface area contributed by atoms with E-state index in [0.717, 1.165) is 5.69 Å². The fourth-order valence-electron chi connectivity index (χ4n) is 2.95. The predicted molar refractivity (Wildman–Crippen MR) is 123 cm³/mol. The van der Waals surface area contributed by atoms with E-state index in [-0.39, 0.29) is 12.5 Å². The highest BCUT2D eigenvalue weighted by Gasteiger charge is 2.21. The van der Waals surface area contributed by atoms with Crippen LogP contribution in [0.3, 0.4) is 0 Å². The van der Waals surface area contributed by atoms with Gasteiger partial charge in [0, 0.05) is 5.69 Å². The van der Waals surface area contributed by atoms with Gasteiger partial charge in [0.2, 0.25) is 5.91 Å². The van der Waals surface area contributed by atoms with E-state index in [2.05, 4.69) is 15.5 Å². The van der Waals surface area contributed by atoms with Crippen LogP contribution in [0, 0.1) is 0 Å². The number of benzene rings is 2. The fraction of sp³-hybridized carbons (Fsp3) is 0.174. The quantitative estimate of drug-likeness (QED) is 0.352. The summed E-state index contributed by atoms with van der Waals surface area (Å²) >= 11 is 7.52. The van der Waals surface area contributed by atoms with Crippen molar-refractivity contribution >= 4 is 29.3 Å². The molecule has 9 heteroatoms. The van der Waals surface area contributed by atoms with Crippen molar-refractivity contribution in [3.05, 3.63) is 89.6 Å². The summed E-state index contributed by atoms with van der Waals surface area (Å²) in [6, 6.07) is 20.6. The number of nitrogens with zero attached hydrogens (tertiary/aromatic N) is 3. The lowest BCUT2D eigenvalue weighted by Gasteiger charge is -2.14. The Kier molecular flexibility index (Phi) is 7.14. The molecule has 164 valence electrons. The third-order valence-electron chi connectivity index (χ3n) is 4.58. The maximum absolute atomic E-state index is 12.6. The van der Waals surface area contributed by atoms with Gasteiger partial charge >= 0.3 is 0 Å². The van der Waals surface area contributed by atoms with Gasteiger partial charge in [-0.1, -0.05) is 53.7 Å². The summed E-state index contributed by atoms with van der Waals surface area (Å²) in [4.78, 5) is 12.6. The largest absolute Gasteiger partial charge is 0.484 e. The van der Waals surface area contributed by atoms with Crippen LogP contribution in [0.5, 0.6) is 5.75 Å². The molecule has 4 rings (SSSR count). The number of hydrogen-bond donors (Lipinski definition) is 1. The third kappa shape index (κ3) is 5.33. The minimum Gasteiger partial charge on any atom is -0.484 e. The summed E-state index contributed by atoms with van der Waals surface area (Å²) in [5.74, 6) is 1.74. The molecular weight excluding hydrogens is 448 g/mol. The number of amides is 1. The summed E-state index contributed by atoms with van der Waals surface area (Å²) in [5.41, 5.74) is 0.876. The second-order valence-electron chi connectivity index (χ2n) is 6.85. The molecular formula is C23H21ClN4O3S. The molecule has 2 aromatic carbocycles. The van der Waals surface area contributed by atoms with Crippen LogP contribution in [0.25, 0.3) is 5.69 Å². The average molecular weight is 469 g/mol. The molecule has 0 unspecified atom stereocenters. The Morgan fingerprint density at radius 3 is 2.66 bits per heavy atom. The first kappa shape index (κ1) is 22.0. The Hall–Kier alpha value is -3.23. The van der Waals surface area contributed by atoms with E-state index in [1.54, 1.807) is 24.5 Å². The van der Waals surface area contributed by atoms with Crippen molar-refractivity contribution in [1.29, 1.82) is 0 Å². The molecule has 1 amide bonds. The van der Waals surface area contributed by atoms with Crippen LogP contribution < -0.4 is 10.1 Å². The number of hydrogen-bond acceptors (Lipinski definition) is 6. The maximum Gasteiger partial charge on any atom is 0.233 e. The van der Waals surface area contributed by atoms with Gasteiger partial charge < -0.3 is 14.5 Å². The van der Waals surface area contributed by atoms with Crippen LogP contribution >= 0.6 is 23.4 Å². The second-order valence-corrected chi connectivity index (χ2v) is 8.56. The van der Waals surface area contributed by atoms with Gasteiger partial charge in [0.1, 0.15) is 18.1 Å². The van der Waals surface area contributed by atoms with Crippen LogP contribution in [-0.2, 0) is 17.9 Å². The summed E-state index contributed by atoms with van der Waals surface area (Å²) in [7, 11) is 0. The first-order valence-corrected chi connectivity index (χ1v) is 11.2. The van der Waals surface area contributed by atoms with Gasteiger partial charge in [-0.15, -0.1) is 10.2 Å². The first-order chi connectivity index (χ1) is 15.6. The summed E-state index contributed by atoms with van der Waals surface area (Å²) in [5, 5.41) is 12.2. The third-order valence-corrected chi connectivity index (χ3v) is 5.93. The number of carbonyl (C=O) groups is 1. The molecule has 32 heavy (non-hydrogen) atoms. The smallest absolute Gasteiger partial charge is 0.233 e. The van der Waals surface area contributed by atoms with Gasteiger partial charge in [0.25, 0.3) is 0 Å². The van der Waals surface area contributed by atoms with Gasteiger partial charge in [0.05, 0.1) is 23.1 Å². The Bertz CT molecular complexity index is 1170. The van der Waals surface area contributed by atoms with Gasteiger partial charge in [-0.3, -0.25) is 9.36 Å². The monoisotopic (exact) mass is 468 g/mol. The number of aromatic nitrogens is 3. The SMILES string of the molecule is C[C@@H](Sc1nnc(COc2ccccc2Cl)n1-c1ccccc1)C(=O)NCc1ccco1. The summed E-state index contributed by atoms with van der Waals surface area (Å²) in [6.07, 6.45) is 1.58. The lowest BCUT2D eigenvalue weighted by atomic mass is 10.3. The Morgan fingerprint density at radius 1 is 1.12 bits per heavy atom. The van der Waals surface area contributed by atoms with Crippen LogP contribution in [0.15, 0.2) is 82.6 Å². The van der Waals surface area contributed by atoms with Crippen molar-refractivity contribution in [1.82, 2.24) is 20.1 Å². The van der Waals surface area contributed by atoms with Crippen molar-refractivity contribution in [3.63, 3.8) is 0 Å². The number of ether oxygens (including phenoxy) is 1. The molecule has 0 fully saturated rings. The molecule has 0 aliphatic heterocycles. The Morgan fingerprint density at radius 2 is 1.91 bits per heavy atom. The van der Waals surface area contributed by atoms with Crippen molar-refractivity contribution in [2.75, 3.05) is 0 Å². The molecule has 1 N–H and O–H groups in total. The van der Waals surface area contributed by atoms with Crippen LogP contribution in [0.4, 0.5) is 0 Å². The number of furan rings is 1. The van der Waals surface area contributed by atoms with E-state index in [1.807, 2.05) is 60.0 Å². The molecule has 2 heterocycles. The molecule has 1 atom stereocenters. The normalized spacial score (nSPS) is 11.8. The molecule has 2 aromatic heterocycles. The lowest BCUT2D eigenvalue weighted by molar-refractivity contribution is -0.120. The zero-order valence-corrected chi connectivity index (χ0v) is 18.8. The van der Waals surface area contributed by atoms with E-state index in [4.69, 9.17) is 20.8 Å². The number of rotatable bonds is 9. The highest BCUT2D eigenvalue weighted by atomic mass is 35.5. The van der Waals surface area contributed by atoms with Crippen LogP contribution in [0.2, 0.25) is 5.02 Å². The zero-order chi connectivity index (χ0) is 22.3. The van der Waals surface area contributed by atoms with Gasteiger partial charge in [-0.05, 0) is 43.3 Å². The van der Waals surface area contributed by atoms with E-state index >= 15 is 0 Å². The van der Waals surface area contributed by atoms with Crippen LogP contribution in [-0.4, -0.2) is 25.9 Å². The van der Waals surface area contributed by atoms with Gasteiger partial charge in [0.15, 0.2) is 11.0 Å².